The summed E-state index contributed by atoms with van der Waals surface area (Å²) in [5.41, 5.74) is -1.05. The van der Waals surface area contributed by atoms with Crippen LogP contribution in [0.15, 0.2) is 29.3 Å². The van der Waals surface area contributed by atoms with Crippen molar-refractivity contribution >= 4 is 15.7 Å². The highest BCUT2D eigenvalue weighted by molar-refractivity contribution is 7.90. The van der Waals surface area contributed by atoms with Crippen LogP contribution < -0.4 is 5.32 Å². The minimum absolute atomic E-state index is 0.0223. The first-order valence-corrected chi connectivity index (χ1v) is 9.01. The predicted molar refractivity (Wildman–Crippen MR) is 82.8 cm³/mol. The maximum absolute atomic E-state index is 12.9. The van der Waals surface area contributed by atoms with Gasteiger partial charge in [-0.25, -0.2) is 13.4 Å². The van der Waals surface area contributed by atoms with Gasteiger partial charge in [-0.2, -0.15) is 23.0 Å². The van der Waals surface area contributed by atoms with Crippen molar-refractivity contribution in [3.8, 4) is 5.82 Å². The van der Waals surface area contributed by atoms with E-state index in [9.17, 15) is 21.6 Å². The van der Waals surface area contributed by atoms with Crippen molar-refractivity contribution in [1.29, 1.82) is 0 Å². The zero-order valence-corrected chi connectivity index (χ0v) is 14.1. The monoisotopic (exact) mass is 362 g/mol. The molecule has 24 heavy (non-hydrogen) atoms. The van der Waals surface area contributed by atoms with E-state index in [2.05, 4.69) is 15.4 Å². The van der Waals surface area contributed by atoms with Crippen molar-refractivity contribution in [2.45, 2.75) is 37.4 Å². The van der Waals surface area contributed by atoms with E-state index in [1.807, 2.05) is 13.8 Å². The van der Waals surface area contributed by atoms with Crippen molar-refractivity contribution in [2.24, 2.45) is 0 Å². The van der Waals surface area contributed by atoms with Gasteiger partial charge in [-0.3, -0.25) is 0 Å². The Kier molecular flexibility index (Phi) is 4.88. The number of nitrogens with zero attached hydrogens (tertiary/aromatic N) is 3. The zero-order valence-electron chi connectivity index (χ0n) is 13.3. The van der Waals surface area contributed by atoms with Gasteiger partial charge in [0.2, 0.25) is 0 Å². The lowest BCUT2D eigenvalue weighted by Crippen LogP contribution is -2.17. The number of hydrogen-bond acceptors (Lipinski definition) is 5. The number of halogens is 3. The predicted octanol–water partition coefficient (Wildman–Crippen LogP) is 2.90. The van der Waals surface area contributed by atoms with Gasteiger partial charge >= 0.3 is 6.18 Å². The highest BCUT2D eigenvalue weighted by Gasteiger charge is 2.35. The largest absolute Gasteiger partial charge is 0.435 e. The average Bonchev–Trinajstić information content (AvgIpc) is 2.90. The number of aromatic nitrogens is 3. The summed E-state index contributed by atoms with van der Waals surface area (Å²) in [5, 5.41) is 6.49. The van der Waals surface area contributed by atoms with Crippen LogP contribution in [0.5, 0.6) is 0 Å². The van der Waals surface area contributed by atoms with Gasteiger partial charge < -0.3 is 5.32 Å². The molecule has 2 aromatic rings. The molecule has 0 bridgehead atoms. The van der Waals surface area contributed by atoms with Crippen LogP contribution in [0.25, 0.3) is 5.82 Å². The van der Waals surface area contributed by atoms with E-state index in [4.69, 9.17) is 0 Å². The second-order valence-electron chi connectivity index (χ2n) is 5.40. The van der Waals surface area contributed by atoms with Gasteiger partial charge in [-0.15, -0.1) is 0 Å². The molecule has 0 amide bonds. The summed E-state index contributed by atoms with van der Waals surface area (Å²) in [6.07, 6.45) is -1.78. The molecule has 132 valence electrons. The second-order valence-corrected chi connectivity index (χ2v) is 7.42. The minimum Gasteiger partial charge on any atom is -0.367 e. The third kappa shape index (κ3) is 4.05. The van der Waals surface area contributed by atoms with E-state index in [-0.39, 0.29) is 22.6 Å². The Morgan fingerprint density at radius 1 is 1.33 bits per heavy atom. The molecule has 0 fully saturated rings. The van der Waals surface area contributed by atoms with Crippen LogP contribution in [-0.4, -0.2) is 35.5 Å². The lowest BCUT2D eigenvalue weighted by atomic mass is 10.2. The van der Waals surface area contributed by atoms with E-state index >= 15 is 0 Å². The van der Waals surface area contributed by atoms with E-state index in [1.54, 1.807) is 0 Å². The van der Waals surface area contributed by atoms with Gasteiger partial charge in [-0.1, -0.05) is 6.92 Å². The molecule has 1 atom stereocenters. The number of pyridine rings is 1. The number of hydrogen-bond donors (Lipinski definition) is 1. The van der Waals surface area contributed by atoms with E-state index in [1.165, 1.54) is 12.1 Å². The van der Waals surface area contributed by atoms with Gasteiger partial charge in [0.25, 0.3) is 0 Å². The Labute approximate surface area is 137 Å². The molecule has 1 unspecified atom stereocenters. The standard InChI is InChI=1S/C14H17F3N4O2S/c1-4-9(2)19-13-7-11(14(15,16)17)20-21(13)12-6-5-10(8-18-12)24(3,22)23/h5-9,19H,4H2,1-3H3. The molecular weight excluding hydrogens is 345 g/mol. The van der Waals surface area contributed by atoms with Crippen molar-refractivity contribution in [2.75, 3.05) is 11.6 Å². The van der Waals surface area contributed by atoms with E-state index in [0.29, 0.717) is 6.42 Å². The Bertz CT molecular complexity index is 814. The van der Waals surface area contributed by atoms with E-state index in [0.717, 1.165) is 23.2 Å². The third-order valence-electron chi connectivity index (χ3n) is 3.37. The molecule has 2 aromatic heterocycles. The van der Waals surface area contributed by atoms with Crippen molar-refractivity contribution in [3.63, 3.8) is 0 Å². The van der Waals surface area contributed by atoms with Crippen LogP contribution in [0.3, 0.4) is 0 Å². The molecule has 2 heterocycles. The fourth-order valence-electron chi connectivity index (χ4n) is 1.87. The molecule has 0 saturated carbocycles. The molecule has 6 nitrogen and oxygen atoms in total. The van der Waals surface area contributed by atoms with Crippen LogP contribution in [0.4, 0.5) is 19.0 Å². The summed E-state index contributed by atoms with van der Waals surface area (Å²) in [7, 11) is -3.44. The minimum atomic E-state index is -4.59. The molecule has 10 heteroatoms. The maximum atomic E-state index is 12.9. The summed E-state index contributed by atoms with van der Waals surface area (Å²) in [6.45, 7) is 3.72. The molecule has 0 aliphatic rings. The highest BCUT2D eigenvalue weighted by Crippen LogP contribution is 2.31. The van der Waals surface area contributed by atoms with Crippen molar-refractivity contribution in [1.82, 2.24) is 14.8 Å². The quantitative estimate of drug-likeness (QED) is 0.885. The first-order valence-electron chi connectivity index (χ1n) is 7.12. The summed E-state index contributed by atoms with van der Waals surface area (Å²) in [5.74, 6) is 0.222. The van der Waals surface area contributed by atoms with Crippen LogP contribution in [0.2, 0.25) is 0 Å². The molecule has 0 saturated heterocycles. The number of nitrogens with one attached hydrogen (secondary N) is 1. The summed E-state index contributed by atoms with van der Waals surface area (Å²) >= 11 is 0. The molecule has 0 spiro atoms. The van der Waals surface area contributed by atoms with Gasteiger partial charge in [0.1, 0.15) is 5.82 Å². The second kappa shape index (κ2) is 6.42. The topological polar surface area (TPSA) is 76.9 Å². The van der Waals surface area contributed by atoms with Gasteiger partial charge in [-0.05, 0) is 25.5 Å². The maximum Gasteiger partial charge on any atom is 0.435 e. The average molecular weight is 362 g/mol. The molecule has 0 aromatic carbocycles. The third-order valence-corrected chi connectivity index (χ3v) is 4.47. The number of sulfone groups is 1. The number of rotatable bonds is 5. The molecular formula is C14H17F3N4O2S. The fourth-order valence-corrected chi connectivity index (χ4v) is 2.43. The smallest absolute Gasteiger partial charge is 0.367 e. The Balaban J connectivity index is 2.49. The van der Waals surface area contributed by atoms with Gasteiger partial charge in [0.15, 0.2) is 21.3 Å². The van der Waals surface area contributed by atoms with Crippen molar-refractivity contribution < 1.29 is 21.6 Å². The molecule has 1 N–H and O–H groups in total. The summed E-state index contributed by atoms with van der Waals surface area (Å²) in [6, 6.07) is 3.42. The van der Waals surface area contributed by atoms with Crippen LogP contribution >= 0.6 is 0 Å². The normalized spacial score (nSPS) is 13.8. The Morgan fingerprint density at radius 2 is 2.00 bits per heavy atom. The SMILES string of the molecule is CCC(C)Nc1cc(C(F)(F)F)nn1-c1ccc(S(C)(=O)=O)cn1. The molecule has 0 radical (unpaired) electrons. The molecule has 2 rings (SSSR count). The molecule has 0 aliphatic carbocycles. The summed E-state index contributed by atoms with van der Waals surface area (Å²) < 4.78 is 62.7. The number of anilines is 1. The van der Waals surface area contributed by atoms with Crippen LogP contribution in [0, 0.1) is 0 Å². The Hall–Kier alpha value is -2.10. The van der Waals surface area contributed by atoms with Crippen molar-refractivity contribution in [3.05, 3.63) is 30.1 Å². The lowest BCUT2D eigenvalue weighted by molar-refractivity contribution is -0.141. The highest BCUT2D eigenvalue weighted by atomic mass is 32.2. The summed E-state index contributed by atoms with van der Waals surface area (Å²) in [4.78, 5) is 3.90. The Morgan fingerprint density at radius 3 is 2.46 bits per heavy atom. The van der Waals surface area contributed by atoms with Crippen LogP contribution in [-0.2, 0) is 16.0 Å². The number of alkyl halides is 3. The first-order chi connectivity index (χ1) is 11.0. The van der Waals surface area contributed by atoms with Crippen LogP contribution in [0.1, 0.15) is 26.0 Å². The zero-order chi connectivity index (χ0) is 18.1. The van der Waals surface area contributed by atoms with Gasteiger partial charge in [0, 0.05) is 24.6 Å². The molecule has 0 aliphatic heterocycles. The van der Waals surface area contributed by atoms with Gasteiger partial charge in [0.05, 0.1) is 4.90 Å². The lowest BCUT2D eigenvalue weighted by Gasteiger charge is -2.14. The first kappa shape index (κ1) is 18.2. The fraction of sp³-hybridized carbons (Fsp3) is 0.429. The van der Waals surface area contributed by atoms with E-state index < -0.39 is 21.7 Å².